The van der Waals surface area contributed by atoms with Gasteiger partial charge in [0.25, 0.3) is 0 Å². The molecule has 0 bridgehead atoms. The highest BCUT2D eigenvalue weighted by Crippen LogP contribution is 2.40. The number of hydrogen-bond acceptors (Lipinski definition) is 0. The van der Waals surface area contributed by atoms with E-state index < -0.39 is 0 Å². The van der Waals surface area contributed by atoms with Crippen LogP contribution in [0.15, 0.2) is 0 Å². The van der Waals surface area contributed by atoms with Crippen LogP contribution in [0.4, 0.5) is 0 Å². The van der Waals surface area contributed by atoms with Crippen molar-refractivity contribution in [2.24, 2.45) is 0 Å². The van der Waals surface area contributed by atoms with E-state index >= 15 is 0 Å². The minimum absolute atomic E-state index is 1.22. The van der Waals surface area contributed by atoms with Crippen LogP contribution in [0.25, 0.3) is 10.8 Å². The maximum absolute atomic E-state index is 2.37. The normalized spacial score (nSPS) is 11.5. The zero-order chi connectivity index (χ0) is 19.4. The molecule has 0 radical (unpaired) electrons. The summed E-state index contributed by atoms with van der Waals surface area (Å²) in [6.45, 7) is 18.7. The Morgan fingerprint density at radius 1 is 0.385 bits per heavy atom. The summed E-state index contributed by atoms with van der Waals surface area (Å²) < 4.78 is 0. The monoisotopic (exact) mass is 352 g/mol. The van der Waals surface area contributed by atoms with Crippen molar-refractivity contribution in [2.75, 3.05) is 0 Å². The molecule has 0 unspecified atom stereocenters. The number of benzene rings is 2. The molecule has 0 nitrogen and oxygen atoms in total. The Balaban J connectivity index is 3.12. The first-order chi connectivity index (χ1) is 12.4. The summed E-state index contributed by atoms with van der Waals surface area (Å²) in [5.41, 5.74) is 12.8. The summed E-state index contributed by atoms with van der Waals surface area (Å²) in [5, 5.41) is 3.22. The van der Waals surface area contributed by atoms with Crippen molar-refractivity contribution >= 4 is 10.8 Å². The van der Waals surface area contributed by atoms with Crippen molar-refractivity contribution in [3.8, 4) is 0 Å². The van der Waals surface area contributed by atoms with Gasteiger partial charge in [-0.3, -0.25) is 0 Å². The van der Waals surface area contributed by atoms with Crippen LogP contribution in [0.1, 0.15) is 97.9 Å². The van der Waals surface area contributed by atoms with Gasteiger partial charge in [0, 0.05) is 0 Å². The zero-order valence-electron chi connectivity index (χ0n) is 18.7. The van der Waals surface area contributed by atoms with E-state index in [1.165, 1.54) is 73.6 Å². The molecular formula is C26H40. The molecule has 26 heavy (non-hydrogen) atoms. The Hall–Kier alpha value is -1.30. The highest BCUT2D eigenvalue weighted by molar-refractivity contribution is 5.97. The summed E-state index contributed by atoms with van der Waals surface area (Å²) >= 11 is 0. The number of fused-ring (bicyclic) bond motifs is 1. The standard InChI is InChI=1S/C26H40/c1-9-13-21-22(14-10-2)24(16-12-4)26-20(8)18(6)17(5)19(7)25(26)23(21)15-11-3/h9-16H2,1-8H3. The lowest BCUT2D eigenvalue weighted by Gasteiger charge is -2.27. The smallest absolute Gasteiger partial charge is 0.0111 e. The van der Waals surface area contributed by atoms with Crippen LogP contribution >= 0.6 is 0 Å². The average Bonchev–Trinajstić information content (AvgIpc) is 2.62. The fraction of sp³-hybridized carbons (Fsp3) is 0.615. The van der Waals surface area contributed by atoms with Gasteiger partial charge in [0.05, 0.1) is 0 Å². The lowest BCUT2D eigenvalue weighted by atomic mass is 9.78. The van der Waals surface area contributed by atoms with Gasteiger partial charge in [-0.15, -0.1) is 0 Å². The molecule has 2 rings (SSSR count). The molecule has 0 aliphatic heterocycles. The highest BCUT2D eigenvalue weighted by Gasteiger charge is 2.22. The van der Waals surface area contributed by atoms with Crippen molar-refractivity contribution in [1.29, 1.82) is 0 Å². The molecule has 0 atom stereocenters. The van der Waals surface area contributed by atoms with E-state index in [9.17, 15) is 0 Å². The summed E-state index contributed by atoms with van der Waals surface area (Å²) in [4.78, 5) is 0. The topological polar surface area (TPSA) is 0 Å². The summed E-state index contributed by atoms with van der Waals surface area (Å²) in [6, 6.07) is 0. The minimum Gasteiger partial charge on any atom is -0.0651 e. The Kier molecular flexibility index (Phi) is 7.33. The molecule has 0 aromatic heterocycles. The van der Waals surface area contributed by atoms with E-state index in [0.717, 1.165) is 0 Å². The first-order valence-corrected chi connectivity index (χ1v) is 11.0. The van der Waals surface area contributed by atoms with E-state index in [2.05, 4.69) is 55.4 Å². The molecule has 0 heteroatoms. The maximum atomic E-state index is 2.37. The second-order valence-corrected chi connectivity index (χ2v) is 8.16. The van der Waals surface area contributed by atoms with Gasteiger partial charge in [-0.2, -0.15) is 0 Å². The molecule has 0 spiro atoms. The molecule has 0 amide bonds. The summed E-state index contributed by atoms with van der Waals surface area (Å²) in [6.07, 6.45) is 9.87. The molecule has 0 heterocycles. The minimum atomic E-state index is 1.22. The molecule has 0 aliphatic carbocycles. The van der Waals surface area contributed by atoms with Crippen LogP contribution in [0.3, 0.4) is 0 Å². The first-order valence-electron chi connectivity index (χ1n) is 11.0. The predicted molar refractivity (Wildman–Crippen MR) is 119 cm³/mol. The van der Waals surface area contributed by atoms with Crippen LogP contribution in [0.2, 0.25) is 0 Å². The van der Waals surface area contributed by atoms with Gasteiger partial charge in [0.2, 0.25) is 0 Å². The van der Waals surface area contributed by atoms with Crippen LogP contribution in [0.5, 0.6) is 0 Å². The van der Waals surface area contributed by atoms with Crippen molar-refractivity contribution in [3.05, 3.63) is 44.5 Å². The van der Waals surface area contributed by atoms with Gasteiger partial charge < -0.3 is 0 Å². The number of aryl methyl sites for hydroxylation is 4. The Morgan fingerprint density at radius 3 is 0.923 bits per heavy atom. The van der Waals surface area contributed by atoms with Crippen LogP contribution in [-0.4, -0.2) is 0 Å². The van der Waals surface area contributed by atoms with Crippen molar-refractivity contribution in [1.82, 2.24) is 0 Å². The second-order valence-electron chi connectivity index (χ2n) is 8.16. The summed E-state index contributed by atoms with van der Waals surface area (Å²) in [5.74, 6) is 0. The quantitative estimate of drug-likeness (QED) is 0.453. The SMILES string of the molecule is CCCc1c(CCC)c(CCC)c2c(C)c(C)c(C)c(C)c2c1CCC. The Morgan fingerprint density at radius 2 is 0.654 bits per heavy atom. The molecule has 0 aliphatic rings. The van der Waals surface area contributed by atoms with E-state index in [1.807, 2.05) is 0 Å². The van der Waals surface area contributed by atoms with Gasteiger partial charge in [0.1, 0.15) is 0 Å². The fourth-order valence-electron chi connectivity index (χ4n) is 4.89. The van der Waals surface area contributed by atoms with E-state index in [-0.39, 0.29) is 0 Å². The van der Waals surface area contributed by atoms with Crippen molar-refractivity contribution in [2.45, 2.75) is 107 Å². The lowest BCUT2D eigenvalue weighted by Crippen LogP contribution is -2.10. The Labute approximate surface area is 162 Å². The zero-order valence-corrected chi connectivity index (χ0v) is 18.7. The van der Waals surface area contributed by atoms with Gasteiger partial charge in [-0.05, 0) is 109 Å². The van der Waals surface area contributed by atoms with Gasteiger partial charge in [-0.25, -0.2) is 0 Å². The van der Waals surface area contributed by atoms with Crippen molar-refractivity contribution in [3.63, 3.8) is 0 Å². The molecule has 2 aromatic rings. The number of rotatable bonds is 8. The van der Waals surface area contributed by atoms with Crippen LogP contribution in [0, 0.1) is 27.7 Å². The molecule has 0 N–H and O–H groups in total. The third-order valence-electron chi connectivity index (χ3n) is 6.38. The van der Waals surface area contributed by atoms with Crippen molar-refractivity contribution < 1.29 is 0 Å². The van der Waals surface area contributed by atoms with Crippen LogP contribution < -0.4 is 0 Å². The van der Waals surface area contributed by atoms with Gasteiger partial charge >= 0.3 is 0 Å². The second kappa shape index (κ2) is 9.07. The molecule has 144 valence electrons. The molecule has 0 saturated heterocycles. The van der Waals surface area contributed by atoms with Crippen LogP contribution in [-0.2, 0) is 25.7 Å². The maximum Gasteiger partial charge on any atom is -0.0111 e. The lowest BCUT2D eigenvalue weighted by molar-refractivity contribution is 0.809. The summed E-state index contributed by atoms with van der Waals surface area (Å²) in [7, 11) is 0. The average molecular weight is 353 g/mol. The van der Waals surface area contributed by atoms with Gasteiger partial charge in [0.15, 0.2) is 0 Å². The third kappa shape index (κ3) is 3.57. The van der Waals surface area contributed by atoms with E-state index in [1.54, 1.807) is 33.0 Å². The van der Waals surface area contributed by atoms with E-state index in [4.69, 9.17) is 0 Å². The molecule has 0 fully saturated rings. The molecule has 2 aromatic carbocycles. The first kappa shape index (κ1) is 21.0. The molecule has 0 saturated carbocycles. The van der Waals surface area contributed by atoms with Gasteiger partial charge in [-0.1, -0.05) is 53.4 Å². The van der Waals surface area contributed by atoms with E-state index in [0.29, 0.717) is 0 Å². The third-order valence-corrected chi connectivity index (χ3v) is 6.38. The Bertz CT molecular complexity index is 711. The predicted octanol–water partition coefficient (Wildman–Crippen LogP) is 7.88. The highest BCUT2D eigenvalue weighted by atomic mass is 14.3. The largest absolute Gasteiger partial charge is 0.0651 e. The number of hydrogen-bond donors (Lipinski definition) is 0. The fourth-order valence-corrected chi connectivity index (χ4v) is 4.89. The molecular weight excluding hydrogens is 312 g/mol.